The van der Waals surface area contributed by atoms with Gasteiger partial charge in [-0.25, -0.2) is 9.98 Å². The Balaban J connectivity index is 2.55. The number of imidazole rings is 1. The number of H-pyrrole nitrogens is 1. The predicted molar refractivity (Wildman–Crippen MR) is 42.5 cm³/mol. The Morgan fingerprint density at radius 1 is 1.55 bits per heavy atom. The summed E-state index contributed by atoms with van der Waals surface area (Å²) in [4.78, 5) is 11.2. The van der Waals surface area contributed by atoms with E-state index in [1.807, 2.05) is 6.92 Å². The maximum absolute atomic E-state index is 5.60. The molecule has 0 atom stereocenters. The number of fused-ring (bicyclic) bond motifs is 1. The van der Waals surface area contributed by atoms with Crippen molar-refractivity contribution in [1.82, 2.24) is 9.97 Å². The highest BCUT2D eigenvalue weighted by Gasteiger charge is 2.14. The molecule has 0 bridgehead atoms. The smallest absolute Gasteiger partial charge is 0.157 e. The molecule has 0 saturated heterocycles. The number of nitrogens with zero attached hydrogens (tertiary/aromatic N) is 2. The molecule has 1 aliphatic rings. The van der Waals surface area contributed by atoms with Crippen molar-refractivity contribution in [3.8, 4) is 0 Å². The van der Waals surface area contributed by atoms with Crippen LogP contribution in [0.15, 0.2) is 4.99 Å². The predicted octanol–water partition coefficient (Wildman–Crippen LogP) is -0.194. The first-order valence-corrected chi connectivity index (χ1v) is 3.38. The minimum absolute atomic E-state index is 0.517. The molecule has 0 aromatic carbocycles. The molecule has 2 rings (SSSR count). The van der Waals surface area contributed by atoms with E-state index >= 15 is 0 Å². The average Bonchev–Trinajstić information content (AvgIpc) is 2.31. The van der Waals surface area contributed by atoms with Crippen LogP contribution in [0.2, 0.25) is 0 Å². The molecule has 2 heterocycles. The Labute approximate surface area is 63.7 Å². The van der Waals surface area contributed by atoms with Crippen molar-refractivity contribution < 1.29 is 0 Å². The molecular formula is C6H9N5. The van der Waals surface area contributed by atoms with Crippen LogP contribution in [-0.2, 0) is 0 Å². The number of aromatic amines is 1. The van der Waals surface area contributed by atoms with Gasteiger partial charge in [0.05, 0.1) is 0 Å². The quantitative estimate of drug-likeness (QED) is 0.480. The first-order chi connectivity index (χ1) is 5.27. The number of hydrogen-bond donors (Lipinski definition) is 3. The van der Waals surface area contributed by atoms with Crippen molar-refractivity contribution >= 4 is 11.7 Å². The molecule has 0 radical (unpaired) electrons. The summed E-state index contributed by atoms with van der Waals surface area (Å²) in [6.45, 7) is 2.40. The van der Waals surface area contributed by atoms with E-state index in [0.29, 0.717) is 12.5 Å². The summed E-state index contributed by atoms with van der Waals surface area (Å²) < 4.78 is 0. The third kappa shape index (κ3) is 0.849. The second kappa shape index (κ2) is 1.98. The molecule has 11 heavy (non-hydrogen) atoms. The lowest BCUT2D eigenvalue weighted by Gasteiger charge is -2.08. The normalized spacial score (nSPS) is 15.2. The number of rotatable bonds is 0. The van der Waals surface area contributed by atoms with Crippen LogP contribution in [0, 0.1) is 6.92 Å². The molecule has 1 aromatic heterocycles. The highest BCUT2D eigenvalue weighted by Crippen LogP contribution is 2.14. The van der Waals surface area contributed by atoms with Crippen molar-refractivity contribution in [2.75, 3.05) is 12.0 Å². The summed E-state index contributed by atoms with van der Waals surface area (Å²) in [5.74, 6) is 2.18. The topological polar surface area (TPSA) is 79.1 Å². The van der Waals surface area contributed by atoms with Crippen LogP contribution < -0.4 is 11.1 Å². The first-order valence-electron chi connectivity index (χ1n) is 3.38. The Morgan fingerprint density at radius 2 is 2.36 bits per heavy atom. The Bertz CT molecular complexity index is 311. The number of anilines is 1. The van der Waals surface area contributed by atoms with E-state index in [9.17, 15) is 0 Å². The molecule has 0 spiro atoms. The molecule has 1 aliphatic heterocycles. The Morgan fingerprint density at radius 3 is 3.09 bits per heavy atom. The molecule has 0 fully saturated rings. The van der Waals surface area contributed by atoms with E-state index in [2.05, 4.69) is 20.3 Å². The lowest BCUT2D eigenvalue weighted by molar-refractivity contribution is 1.08. The lowest BCUT2D eigenvalue weighted by atomic mass is 10.4. The molecule has 5 heteroatoms. The van der Waals surface area contributed by atoms with Crippen molar-refractivity contribution in [2.24, 2.45) is 10.7 Å². The van der Waals surface area contributed by atoms with Crippen molar-refractivity contribution in [2.45, 2.75) is 6.92 Å². The van der Waals surface area contributed by atoms with Gasteiger partial charge in [-0.1, -0.05) is 0 Å². The summed E-state index contributed by atoms with van der Waals surface area (Å²) >= 11 is 0. The van der Waals surface area contributed by atoms with Crippen LogP contribution >= 0.6 is 0 Å². The monoisotopic (exact) mass is 151 g/mol. The Hall–Kier alpha value is -1.52. The van der Waals surface area contributed by atoms with Gasteiger partial charge in [0.1, 0.15) is 24.0 Å². The number of aromatic nitrogens is 2. The zero-order chi connectivity index (χ0) is 7.84. The van der Waals surface area contributed by atoms with E-state index in [-0.39, 0.29) is 0 Å². The molecule has 0 saturated carbocycles. The molecule has 5 nitrogen and oxygen atoms in total. The van der Waals surface area contributed by atoms with Gasteiger partial charge in [0.15, 0.2) is 5.82 Å². The van der Waals surface area contributed by atoms with Crippen LogP contribution in [-0.4, -0.2) is 22.5 Å². The molecule has 1 aromatic rings. The molecule has 0 unspecified atom stereocenters. The van der Waals surface area contributed by atoms with E-state index in [4.69, 9.17) is 5.73 Å². The third-order valence-electron chi connectivity index (χ3n) is 1.57. The van der Waals surface area contributed by atoms with Crippen LogP contribution in [0.1, 0.15) is 11.5 Å². The van der Waals surface area contributed by atoms with Crippen LogP contribution in [0.3, 0.4) is 0 Å². The highest BCUT2D eigenvalue weighted by atomic mass is 15.2. The van der Waals surface area contributed by atoms with Gasteiger partial charge >= 0.3 is 0 Å². The van der Waals surface area contributed by atoms with Gasteiger partial charge in [-0.3, -0.25) is 0 Å². The third-order valence-corrected chi connectivity index (χ3v) is 1.57. The fourth-order valence-corrected chi connectivity index (χ4v) is 1.08. The molecular weight excluding hydrogens is 142 g/mol. The second-order valence-corrected chi connectivity index (χ2v) is 2.42. The second-order valence-electron chi connectivity index (χ2n) is 2.42. The first kappa shape index (κ1) is 6.21. The Kier molecular flexibility index (Phi) is 1.12. The van der Waals surface area contributed by atoms with E-state index in [1.165, 1.54) is 0 Å². The van der Waals surface area contributed by atoms with Gasteiger partial charge in [0.25, 0.3) is 0 Å². The number of amidine groups is 1. The van der Waals surface area contributed by atoms with Gasteiger partial charge in [-0.15, -0.1) is 0 Å². The van der Waals surface area contributed by atoms with Gasteiger partial charge < -0.3 is 16.0 Å². The van der Waals surface area contributed by atoms with Crippen molar-refractivity contribution in [3.63, 3.8) is 0 Å². The highest BCUT2D eigenvalue weighted by molar-refractivity contribution is 6.01. The minimum Gasteiger partial charge on any atom is -0.382 e. The lowest BCUT2D eigenvalue weighted by Crippen LogP contribution is -2.22. The minimum atomic E-state index is 0.517. The molecule has 0 aliphatic carbocycles. The summed E-state index contributed by atoms with van der Waals surface area (Å²) in [7, 11) is 0. The number of aryl methyl sites for hydroxylation is 1. The number of hydrogen-bond acceptors (Lipinski definition) is 4. The zero-order valence-corrected chi connectivity index (χ0v) is 6.18. The maximum Gasteiger partial charge on any atom is 0.157 e. The summed E-state index contributed by atoms with van der Waals surface area (Å²) in [5, 5.41) is 3.00. The van der Waals surface area contributed by atoms with E-state index < -0.39 is 0 Å². The van der Waals surface area contributed by atoms with Crippen LogP contribution in [0.5, 0.6) is 0 Å². The van der Waals surface area contributed by atoms with Gasteiger partial charge in [0, 0.05) is 0 Å². The average molecular weight is 151 g/mol. The van der Waals surface area contributed by atoms with Crippen LogP contribution in [0.4, 0.5) is 5.82 Å². The van der Waals surface area contributed by atoms with Gasteiger partial charge in [-0.2, -0.15) is 0 Å². The largest absolute Gasteiger partial charge is 0.382 e. The SMILES string of the molecule is Cc1nc2c([nH]1)C(N)=NCN2. The molecule has 58 valence electrons. The summed E-state index contributed by atoms with van der Waals surface area (Å²) in [6, 6.07) is 0. The van der Waals surface area contributed by atoms with E-state index in [1.54, 1.807) is 0 Å². The zero-order valence-electron chi connectivity index (χ0n) is 6.18. The van der Waals surface area contributed by atoms with Crippen molar-refractivity contribution in [1.29, 1.82) is 0 Å². The summed E-state index contributed by atoms with van der Waals surface area (Å²) in [6.07, 6.45) is 0. The molecule has 4 N–H and O–H groups in total. The molecule has 0 amide bonds. The number of aliphatic imine (C=N–C) groups is 1. The fourth-order valence-electron chi connectivity index (χ4n) is 1.08. The fraction of sp³-hybridized carbons (Fsp3) is 0.333. The van der Waals surface area contributed by atoms with Gasteiger partial charge in [0.2, 0.25) is 0 Å². The van der Waals surface area contributed by atoms with Gasteiger partial charge in [-0.05, 0) is 6.92 Å². The number of nitrogens with two attached hydrogens (primary N) is 1. The standard InChI is InChI=1S/C6H9N5/c1-3-10-4-5(7)8-2-9-6(4)11-3/h9H,2H2,1H3,(H2,7,8)(H,10,11). The summed E-state index contributed by atoms with van der Waals surface area (Å²) in [5.41, 5.74) is 6.40. The number of nitrogens with one attached hydrogen (secondary N) is 2. The van der Waals surface area contributed by atoms with Crippen molar-refractivity contribution in [3.05, 3.63) is 11.5 Å². The van der Waals surface area contributed by atoms with E-state index in [0.717, 1.165) is 17.3 Å². The maximum atomic E-state index is 5.60. The van der Waals surface area contributed by atoms with Crippen LogP contribution in [0.25, 0.3) is 0 Å².